The lowest BCUT2D eigenvalue weighted by Crippen LogP contribution is -2.31. The van der Waals surface area contributed by atoms with Crippen LogP contribution in [0.5, 0.6) is 0 Å². The first-order valence-corrected chi connectivity index (χ1v) is 7.46. The molecule has 1 aromatic carbocycles. The third kappa shape index (κ3) is 4.00. The average molecular weight is 314 g/mol. The number of aromatic nitrogens is 1. The zero-order valence-corrected chi connectivity index (χ0v) is 12.5. The predicted molar refractivity (Wildman–Crippen MR) is 83.2 cm³/mol. The Hall–Kier alpha value is -2.56. The molecule has 1 saturated carbocycles. The Labute approximate surface area is 133 Å². The summed E-state index contributed by atoms with van der Waals surface area (Å²) in [6.07, 6.45) is 8.30. The number of halogens is 2. The van der Waals surface area contributed by atoms with Crippen LogP contribution in [0.1, 0.15) is 24.0 Å². The van der Waals surface area contributed by atoms with Gasteiger partial charge in [-0.2, -0.15) is 0 Å². The summed E-state index contributed by atoms with van der Waals surface area (Å²) in [6, 6.07) is 7.20. The van der Waals surface area contributed by atoms with Crippen molar-refractivity contribution in [3.63, 3.8) is 0 Å². The van der Waals surface area contributed by atoms with Crippen molar-refractivity contribution in [3.8, 4) is 0 Å². The third-order valence-corrected chi connectivity index (χ3v) is 3.73. The van der Waals surface area contributed by atoms with Crippen LogP contribution < -0.4 is 0 Å². The van der Waals surface area contributed by atoms with Gasteiger partial charge in [-0.1, -0.05) is 12.1 Å². The summed E-state index contributed by atoms with van der Waals surface area (Å²) in [5, 5.41) is 0. The van der Waals surface area contributed by atoms with E-state index in [2.05, 4.69) is 4.98 Å². The molecule has 23 heavy (non-hydrogen) atoms. The molecule has 1 heterocycles. The number of carbonyl (C=O) groups excluding carboxylic acids is 1. The van der Waals surface area contributed by atoms with Crippen LogP contribution in [0.2, 0.25) is 0 Å². The van der Waals surface area contributed by atoms with Crippen LogP contribution in [-0.2, 0) is 11.3 Å². The number of amides is 1. The number of carbonyl (C=O) groups is 1. The highest BCUT2D eigenvalue weighted by Crippen LogP contribution is 2.29. The zero-order chi connectivity index (χ0) is 16.2. The Morgan fingerprint density at radius 1 is 1.30 bits per heavy atom. The van der Waals surface area contributed by atoms with Crippen LogP contribution in [0, 0.1) is 11.6 Å². The van der Waals surface area contributed by atoms with E-state index in [4.69, 9.17) is 0 Å². The molecule has 1 aromatic heterocycles. The fourth-order valence-electron chi connectivity index (χ4n) is 2.34. The third-order valence-electron chi connectivity index (χ3n) is 3.73. The smallest absolute Gasteiger partial charge is 0.247 e. The van der Waals surface area contributed by atoms with Gasteiger partial charge in [0.05, 0.1) is 0 Å². The van der Waals surface area contributed by atoms with Crippen molar-refractivity contribution in [1.82, 2.24) is 9.88 Å². The molecular weight excluding hydrogens is 298 g/mol. The summed E-state index contributed by atoms with van der Waals surface area (Å²) in [5.41, 5.74) is 1.14. The molecule has 0 spiro atoms. The lowest BCUT2D eigenvalue weighted by Gasteiger charge is -2.21. The standard InChI is InChI=1S/C18H16F2N2O/c19-15-5-4-14(17(20)10-15)12-22(16-6-7-16)18(23)8-3-13-2-1-9-21-11-13/h1-5,8-11,16H,6-7,12H2/b8-3+. The highest BCUT2D eigenvalue weighted by atomic mass is 19.1. The largest absolute Gasteiger partial charge is 0.332 e. The number of hydrogen-bond donors (Lipinski definition) is 0. The van der Waals surface area contributed by atoms with Crippen LogP contribution in [-0.4, -0.2) is 21.8 Å². The Bertz CT molecular complexity index is 727. The minimum atomic E-state index is -0.625. The Kier molecular flexibility index (Phi) is 4.46. The molecule has 0 atom stereocenters. The second-order valence-corrected chi connectivity index (χ2v) is 5.55. The lowest BCUT2D eigenvalue weighted by atomic mass is 10.2. The first kappa shape index (κ1) is 15.3. The van der Waals surface area contributed by atoms with Gasteiger partial charge in [-0.25, -0.2) is 8.78 Å². The normalized spacial score (nSPS) is 14.2. The topological polar surface area (TPSA) is 33.2 Å². The van der Waals surface area contributed by atoms with Gasteiger partial charge in [0.25, 0.3) is 0 Å². The second-order valence-electron chi connectivity index (χ2n) is 5.55. The molecule has 3 nitrogen and oxygen atoms in total. The van der Waals surface area contributed by atoms with Crippen LogP contribution in [0.4, 0.5) is 8.78 Å². The molecule has 118 valence electrons. The van der Waals surface area contributed by atoms with Gasteiger partial charge in [-0.15, -0.1) is 0 Å². The van der Waals surface area contributed by atoms with Gasteiger partial charge >= 0.3 is 0 Å². The lowest BCUT2D eigenvalue weighted by molar-refractivity contribution is -0.127. The number of pyridine rings is 1. The summed E-state index contributed by atoms with van der Waals surface area (Å²) >= 11 is 0. The predicted octanol–water partition coefficient (Wildman–Crippen LogP) is 3.56. The van der Waals surface area contributed by atoms with Crippen molar-refractivity contribution in [2.45, 2.75) is 25.4 Å². The van der Waals surface area contributed by atoms with E-state index in [1.165, 1.54) is 18.2 Å². The molecule has 0 N–H and O–H groups in total. The minimum Gasteiger partial charge on any atom is -0.332 e. The molecule has 0 unspecified atom stereocenters. The minimum absolute atomic E-state index is 0.130. The van der Waals surface area contributed by atoms with Gasteiger partial charge in [0.15, 0.2) is 0 Å². The van der Waals surface area contributed by atoms with Crippen LogP contribution in [0.15, 0.2) is 48.8 Å². The molecule has 0 bridgehead atoms. The number of benzene rings is 1. The molecule has 3 rings (SSSR count). The summed E-state index contributed by atoms with van der Waals surface area (Å²) in [7, 11) is 0. The highest BCUT2D eigenvalue weighted by molar-refractivity contribution is 5.92. The average Bonchev–Trinajstić information content (AvgIpc) is 3.38. The van der Waals surface area contributed by atoms with Crippen molar-refractivity contribution in [1.29, 1.82) is 0 Å². The molecule has 0 radical (unpaired) electrons. The fourth-order valence-corrected chi connectivity index (χ4v) is 2.34. The van der Waals surface area contributed by atoms with Gasteiger partial charge in [0.2, 0.25) is 5.91 Å². The van der Waals surface area contributed by atoms with Crippen molar-refractivity contribution in [2.75, 3.05) is 0 Å². The maximum Gasteiger partial charge on any atom is 0.247 e. The van der Waals surface area contributed by atoms with Gasteiger partial charge in [0.1, 0.15) is 11.6 Å². The molecule has 5 heteroatoms. The Balaban J connectivity index is 1.73. The number of nitrogens with zero attached hydrogens (tertiary/aromatic N) is 2. The van der Waals surface area contributed by atoms with E-state index >= 15 is 0 Å². The molecule has 1 aliphatic carbocycles. The maximum absolute atomic E-state index is 13.8. The van der Waals surface area contributed by atoms with Gasteiger partial charge < -0.3 is 4.90 Å². The Morgan fingerprint density at radius 2 is 2.13 bits per heavy atom. The van der Waals surface area contributed by atoms with Crippen LogP contribution >= 0.6 is 0 Å². The SMILES string of the molecule is O=C(/C=C/c1cccnc1)N(Cc1ccc(F)cc1F)C1CC1. The van der Waals surface area contributed by atoms with Crippen molar-refractivity contribution < 1.29 is 13.6 Å². The molecule has 2 aromatic rings. The molecule has 1 fully saturated rings. The second kappa shape index (κ2) is 6.69. The van der Waals surface area contributed by atoms with Gasteiger partial charge in [-0.3, -0.25) is 9.78 Å². The van der Waals surface area contributed by atoms with E-state index in [1.807, 2.05) is 6.07 Å². The first-order valence-electron chi connectivity index (χ1n) is 7.46. The zero-order valence-electron chi connectivity index (χ0n) is 12.5. The number of hydrogen-bond acceptors (Lipinski definition) is 2. The number of rotatable bonds is 5. The summed E-state index contributed by atoms with van der Waals surface area (Å²) in [6.45, 7) is 0.146. The van der Waals surface area contributed by atoms with E-state index in [9.17, 15) is 13.6 Å². The first-order chi connectivity index (χ1) is 11.1. The highest BCUT2D eigenvalue weighted by Gasteiger charge is 2.32. The monoisotopic (exact) mass is 314 g/mol. The summed E-state index contributed by atoms with van der Waals surface area (Å²) < 4.78 is 26.8. The van der Waals surface area contributed by atoms with E-state index in [1.54, 1.807) is 29.4 Å². The van der Waals surface area contributed by atoms with E-state index < -0.39 is 11.6 Å². The van der Waals surface area contributed by atoms with E-state index in [0.29, 0.717) is 5.56 Å². The fraction of sp³-hybridized carbons (Fsp3) is 0.222. The van der Waals surface area contributed by atoms with Crippen molar-refractivity contribution in [2.24, 2.45) is 0 Å². The van der Waals surface area contributed by atoms with Crippen LogP contribution in [0.3, 0.4) is 0 Å². The van der Waals surface area contributed by atoms with E-state index in [-0.39, 0.29) is 18.5 Å². The summed E-state index contributed by atoms with van der Waals surface area (Å²) in [4.78, 5) is 18.0. The van der Waals surface area contributed by atoms with Crippen molar-refractivity contribution >= 4 is 12.0 Å². The van der Waals surface area contributed by atoms with Gasteiger partial charge in [0, 0.05) is 42.7 Å². The molecule has 0 saturated heterocycles. The van der Waals surface area contributed by atoms with Gasteiger partial charge in [-0.05, 0) is 36.6 Å². The molecular formula is C18H16F2N2O. The molecule has 1 aliphatic rings. The van der Waals surface area contributed by atoms with Crippen molar-refractivity contribution in [3.05, 3.63) is 71.6 Å². The van der Waals surface area contributed by atoms with Crippen LogP contribution in [0.25, 0.3) is 6.08 Å². The van der Waals surface area contributed by atoms with E-state index in [0.717, 1.165) is 24.5 Å². The summed E-state index contributed by atoms with van der Waals surface area (Å²) in [5.74, 6) is -1.42. The Morgan fingerprint density at radius 3 is 2.78 bits per heavy atom. The quantitative estimate of drug-likeness (QED) is 0.791. The molecule has 0 aliphatic heterocycles. The molecule has 1 amide bonds. The maximum atomic E-state index is 13.8.